The highest BCUT2D eigenvalue weighted by Crippen LogP contribution is 2.15. The van der Waals surface area contributed by atoms with Crippen LogP contribution >= 0.6 is 0 Å². The van der Waals surface area contributed by atoms with E-state index in [0.717, 1.165) is 32.5 Å². The molecule has 0 aromatic carbocycles. The number of amides is 1. The molecule has 1 N–H and O–H groups in total. The molecule has 0 bridgehead atoms. The first kappa shape index (κ1) is 16.2. The summed E-state index contributed by atoms with van der Waals surface area (Å²) in [5.74, 6) is 0.0394. The Labute approximate surface area is 136 Å². The highest BCUT2D eigenvalue weighted by Gasteiger charge is 2.26. The van der Waals surface area contributed by atoms with Crippen molar-refractivity contribution in [2.45, 2.75) is 38.8 Å². The first-order chi connectivity index (χ1) is 11.0. The van der Waals surface area contributed by atoms with Crippen LogP contribution in [0.25, 0.3) is 0 Å². The summed E-state index contributed by atoms with van der Waals surface area (Å²) in [6.45, 7) is 7.49. The summed E-state index contributed by atoms with van der Waals surface area (Å²) in [6.07, 6.45) is 3.93. The number of nitrogens with one attached hydrogen (secondary N) is 1. The molecule has 0 aliphatic carbocycles. The van der Waals surface area contributed by atoms with Gasteiger partial charge in [0.05, 0.1) is 19.3 Å². The zero-order chi connectivity index (χ0) is 16.4. The van der Waals surface area contributed by atoms with E-state index >= 15 is 0 Å². The van der Waals surface area contributed by atoms with Crippen LogP contribution in [0.3, 0.4) is 0 Å². The number of carbonyl (C=O) groups is 2. The molecule has 2 atom stereocenters. The monoisotopic (exact) mass is 319 g/mol. The van der Waals surface area contributed by atoms with Crippen LogP contribution in [0.4, 0.5) is 0 Å². The average Bonchev–Trinajstić information content (AvgIpc) is 3.21. The predicted molar refractivity (Wildman–Crippen MR) is 86.7 cm³/mol. The number of carbonyl (C=O) groups excluding carboxylic acids is 2. The van der Waals surface area contributed by atoms with Gasteiger partial charge in [0.25, 0.3) is 5.91 Å². The van der Waals surface area contributed by atoms with Crippen LogP contribution in [-0.4, -0.2) is 71.4 Å². The SMILES string of the molecule is CC1CN(CC(=O)c2c[nH]c(C(=O)N3CCCC3)c2)C(C)CO1. The van der Waals surface area contributed by atoms with Gasteiger partial charge >= 0.3 is 0 Å². The van der Waals surface area contributed by atoms with E-state index in [9.17, 15) is 9.59 Å². The van der Waals surface area contributed by atoms with Gasteiger partial charge in [0, 0.05) is 37.4 Å². The average molecular weight is 319 g/mol. The number of ether oxygens (including phenoxy) is 1. The molecule has 6 nitrogen and oxygen atoms in total. The molecule has 1 aromatic heterocycles. The number of rotatable bonds is 4. The maximum Gasteiger partial charge on any atom is 0.270 e. The Morgan fingerprint density at radius 2 is 2.04 bits per heavy atom. The van der Waals surface area contributed by atoms with Gasteiger partial charge < -0.3 is 14.6 Å². The summed E-state index contributed by atoms with van der Waals surface area (Å²) < 4.78 is 5.59. The molecule has 126 valence electrons. The van der Waals surface area contributed by atoms with Crippen molar-refractivity contribution in [3.63, 3.8) is 0 Å². The van der Waals surface area contributed by atoms with Gasteiger partial charge in [-0.15, -0.1) is 0 Å². The second-order valence-electron chi connectivity index (χ2n) is 6.65. The van der Waals surface area contributed by atoms with Gasteiger partial charge in [-0.25, -0.2) is 0 Å². The lowest BCUT2D eigenvalue weighted by molar-refractivity contribution is -0.0460. The maximum atomic E-state index is 12.5. The number of aromatic amines is 1. The van der Waals surface area contributed by atoms with E-state index in [0.29, 0.717) is 24.4 Å². The minimum atomic E-state index is -0.00471. The number of morpholine rings is 1. The molecule has 3 heterocycles. The summed E-state index contributed by atoms with van der Waals surface area (Å²) in [5.41, 5.74) is 1.09. The Balaban J connectivity index is 1.62. The molecule has 0 saturated carbocycles. The van der Waals surface area contributed by atoms with Crippen molar-refractivity contribution in [3.05, 3.63) is 23.5 Å². The van der Waals surface area contributed by atoms with Crippen LogP contribution in [0.2, 0.25) is 0 Å². The third-order valence-electron chi connectivity index (χ3n) is 4.71. The van der Waals surface area contributed by atoms with Gasteiger partial charge in [-0.3, -0.25) is 14.5 Å². The summed E-state index contributed by atoms with van der Waals surface area (Å²) in [4.78, 5) is 31.8. The predicted octanol–water partition coefficient (Wildman–Crippen LogP) is 1.54. The minimum Gasteiger partial charge on any atom is -0.376 e. The van der Waals surface area contributed by atoms with E-state index in [4.69, 9.17) is 4.74 Å². The summed E-state index contributed by atoms with van der Waals surface area (Å²) in [7, 11) is 0. The molecular formula is C17H25N3O3. The van der Waals surface area contributed by atoms with Crippen molar-refractivity contribution < 1.29 is 14.3 Å². The number of aromatic nitrogens is 1. The molecule has 2 fully saturated rings. The van der Waals surface area contributed by atoms with E-state index in [1.165, 1.54) is 0 Å². The Kier molecular flexibility index (Phi) is 4.82. The van der Waals surface area contributed by atoms with Crippen molar-refractivity contribution in [2.24, 2.45) is 0 Å². The van der Waals surface area contributed by atoms with Crippen molar-refractivity contribution in [3.8, 4) is 0 Å². The molecule has 2 saturated heterocycles. The van der Waals surface area contributed by atoms with Crippen LogP contribution in [0.1, 0.15) is 47.5 Å². The normalized spacial score (nSPS) is 25.7. The summed E-state index contributed by atoms with van der Waals surface area (Å²) in [6, 6.07) is 1.93. The fourth-order valence-corrected chi connectivity index (χ4v) is 3.24. The third-order valence-corrected chi connectivity index (χ3v) is 4.71. The van der Waals surface area contributed by atoms with Gasteiger partial charge in [-0.05, 0) is 32.8 Å². The van der Waals surface area contributed by atoms with Gasteiger partial charge in [0.15, 0.2) is 5.78 Å². The topological polar surface area (TPSA) is 65.6 Å². The Bertz CT molecular complexity index is 577. The van der Waals surface area contributed by atoms with Gasteiger partial charge in [0.2, 0.25) is 0 Å². The Morgan fingerprint density at radius 1 is 1.30 bits per heavy atom. The van der Waals surface area contributed by atoms with E-state index in [-0.39, 0.29) is 23.8 Å². The van der Waals surface area contributed by atoms with Crippen LogP contribution in [-0.2, 0) is 4.74 Å². The third kappa shape index (κ3) is 3.64. The van der Waals surface area contributed by atoms with Gasteiger partial charge in [-0.1, -0.05) is 0 Å². The molecule has 1 aromatic rings. The van der Waals surface area contributed by atoms with Crippen molar-refractivity contribution >= 4 is 11.7 Å². The zero-order valence-corrected chi connectivity index (χ0v) is 13.9. The highest BCUT2D eigenvalue weighted by atomic mass is 16.5. The number of hydrogen-bond acceptors (Lipinski definition) is 4. The quantitative estimate of drug-likeness (QED) is 0.855. The molecular weight excluding hydrogens is 294 g/mol. The van der Waals surface area contributed by atoms with Crippen molar-refractivity contribution in [1.29, 1.82) is 0 Å². The maximum absolute atomic E-state index is 12.5. The van der Waals surface area contributed by atoms with Gasteiger partial charge in [-0.2, -0.15) is 0 Å². The largest absolute Gasteiger partial charge is 0.376 e. The molecule has 0 radical (unpaired) electrons. The van der Waals surface area contributed by atoms with Crippen LogP contribution in [0, 0.1) is 0 Å². The van der Waals surface area contributed by atoms with Crippen molar-refractivity contribution in [1.82, 2.24) is 14.8 Å². The fourth-order valence-electron chi connectivity index (χ4n) is 3.24. The number of Topliss-reactive ketones (excluding diaryl/α,β-unsaturated/α-hetero) is 1. The molecule has 2 aliphatic heterocycles. The number of ketones is 1. The van der Waals surface area contributed by atoms with E-state index < -0.39 is 0 Å². The van der Waals surface area contributed by atoms with Crippen LogP contribution in [0.15, 0.2) is 12.3 Å². The number of hydrogen-bond donors (Lipinski definition) is 1. The minimum absolute atomic E-state index is 0.00471. The fraction of sp³-hybridized carbons (Fsp3) is 0.647. The number of nitrogens with zero attached hydrogens (tertiary/aromatic N) is 2. The second-order valence-corrected chi connectivity index (χ2v) is 6.65. The molecule has 3 rings (SSSR count). The zero-order valence-electron chi connectivity index (χ0n) is 13.9. The standard InChI is InChI=1S/C17H25N3O3/c1-12-11-23-13(2)9-20(12)10-16(21)14-7-15(18-8-14)17(22)19-5-3-4-6-19/h7-8,12-13,18H,3-6,9-11H2,1-2H3. The smallest absolute Gasteiger partial charge is 0.270 e. The number of likely N-dealkylation sites (tertiary alicyclic amines) is 1. The first-order valence-corrected chi connectivity index (χ1v) is 8.41. The second kappa shape index (κ2) is 6.84. The van der Waals surface area contributed by atoms with E-state index in [2.05, 4.69) is 16.8 Å². The lowest BCUT2D eigenvalue weighted by atomic mass is 10.1. The van der Waals surface area contributed by atoms with Gasteiger partial charge in [0.1, 0.15) is 5.69 Å². The molecule has 2 aliphatic rings. The summed E-state index contributed by atoms with van der Waals surface area (Å²) >= 11 is 0. The van der Waals surface area contributed by atoms with Crippen LogP contribution in [0.5, 0.6) is 0 Å². The molecule has 2 unspecified atom stereocenters. The lowest BCUT2D eigenvalue weighted by Crippen LogP contribution is -2.49. The molecule has 0 spiro atoms. The number of H-pyrrole nitrogens is 1. The Morgan fingerprint density at radius 3 is 2.78 bits per heavy atom. The summed E-state index contributed by atoms with van der Waals surface area (Å²) in [5, 5.41) is 0. The van der Waals surface area contributed by atoms with E-state index in [1.54, 1.807) is 12.3 Å². The van der Waals surface area contributed by atoms with Crippen molar-refractivity contribution in [2.75, 3.05) is 32.8 Å². The highest BCUT2D eigenvalue weighted by molar-refractivity contribution is 6.01. The van der Waals surface area contributed by atoms with Crippen LogP contribution < -0.4 is 0 Å². The molecule has 6 heteroatoms. The lowest BCUT2D eigenvalue weighted by Gasteiger charge is -2.36. The van der Waals surface area contributed by atoms with E-state index in [1.807, 2.05) is 11.8 Å². The molecule has 23 heavy (non-hydrogen) atoms. The Hall–Kier alpha value is -1.66. The first-order valence-electron chi connectivity index (χ1n) is 8.41. The molecule has 1 amide bonds.